The van der Waals surface area contributed by atoms with E-state index < -0.39 is 0 Å². The molecule has 4 nitrogen and oxygen atoms in total. The summed E-state index contributed by atoms with van der Waals surface area (Å²) in [6.45, 7) is 1.97. The van der Waals surface area contributed by atoms with Crippen LogP contribution in [0.3, 0.4) is 0 Å². The Labute approximate surface area is 150 Å². The summed E-state index contributed by atoms with van der Waals surface area (Å²) in [4.78, 5) is 27.0. The number of anilines is 1. The summed E-state index contributed by atoms with van der Waals surface area (Å²) in [5.74, 6) is 0.276. The van der Waals surface area contributed by atoms with Crippen LogP contribution in [0.4, 0.5) is 5.69 Å². The van der Waals surface area contributed by atoms with Crippen molar-refractivity contribution in [2.45, 2.75) is 17.9 Å². The Balaban J connectivity index is 1.81. The number of carbonyl (C=O) groups excluding carboxylic acids is 2. The monoisotopic (exact) mass is 360 g/mol. The molecule has 0 fully saturated rings. The second-order valence-electron chi connectivity index (χ2n) is 5.69. The van der Waals surface area contributed by atoms with Gasteiger partial charge in [-0.25, -0.2) is 0 Å². The molecular formula is C18H17ClN2O2S. The highest BCUT2D eigenvalue weighted by Gasteiger charge is 2.22. The van der Waals surface area contributed by atoms with Crippen LogP contribution in [0.25, 0.3) is 0 Å². The molecule has 0 saturated carbocycles. The van der Waals surface area contributed by atoms with Crippen molar-refractivity contribution in [1.29, 1.82) is 0 Å². The van der Waals surface area contributed by atoms with Crippen LogP contribution >= 0.6 is 23.4 Å². The van der Waals surface area contributed by atoms with Gasteiger partial charge in [0, 0.05) is 22.5 Å². The summed E-state index contributed by atoms with van der Waals surface area (Å²) in [6.07, 6.45) is 0. The lowest BCUT2D eigenvalue weighted by atomic mass is 10.1. The highest BCUT2D eigenvalue weighted by molar-refractivity contribution is 8.00. The lowest BCUT2D eigenvalue weighted by Crippen LogP contribution is -2.30. The molecule has 2 aromatic rings. The average molecular weight is 361 g/mol. The van der Waals surface area contributed by atoms with E-state index in [2.05, 4.69) is 5.32 Å². The van der Waals surface area contributed by atoms with Gasteiger partial charge in [0.2, 0.25) is 5.91 Å². The Morgan fingerprint density at radius 2 is 1.96 bits per heavy atom. The van der Waals surface area contributed by atoms with Crippen LogP contribution in [0.1, 0.15) is 28.9 Å². The number of fused-ring (bicyclic) bond motifs is 1. The lowest BCUT2D eigenvalue weighted by Gasteiger charge is -2.26. The van der Waals surface area contributed by atoms with Gasteiger partial charge in [0.1, 0.15) is 0 Å². The molecule has 3 rings (SSSR count). The molecule has 1 atom stereocenters. The van der Waals surface area contributed by atoms with E-state index in [4.69, 9.17) is 11.6 Å². The fourth-order valence-electron chi connectivity index (χ4n) is 2.56. The molecule has 1 aliphatic heterocycles. The molecule has 24 heavy (non-hydrogen) atoms. The van der Waals surface area contributed by atoms with Crippen molar-refractivity contribution < 1.29 is 9.59 Å². The maximum atomic E-state index is 12.8. The van der Waals surface area contributed by atoms with Crippen molar-refractivity contribution in [3.05, 3.63) is 58.6 Å². The average Bonchev–Trinajstić information content (AvgIpc) is 2.59. The predicted octanol–water partition coefficient (Wildman–Crippen LogP) is 4.22. The topological polar surface area (TPSA) is 49.4 Å². The maximum absolute atomic E-state index is 12.8. The minimum absolute atomic E-state index is 0.0417. The molecule has 0 bridgehead atoms. The number of rotatable bonds is 3. The largest absolute Gasteiger partial charge is 0.335 e. The van der Waals surface area contributed by atoms with E-state index in [0.29, 0.717) is 22.0 Å². The van der Waals surface area contributed by atoms with Crippen LogP contribution in [0.2, 0.25) is 5.02 Å². The molecular weight excluding hydrogens is 344 g/mol. The quantitative estimate of drug-likeness (QED) is 0.891. The predicted molar refractivity (Wildman–Crippen MR) is 97.8 cm³/mol. The van der Waals surface area contributed by atoms with E-state index in [0.717, 1.165) is 10.5 Å². The van der Waals surface area contributed by atoms with Crippen molar-refractivity contribution >= 4 is 40.9 Å². The van der Waals surface area contributed by atoms with Crippen molar-refractivity contribution in [3.63, 3.8) is 0 Å². The molecule has 1 unspecified atom stereocenters. The highest BCUT2D eigenvalue weighted by atomic mass is 35.5. The summed E-state index contributed by atoms with van der Waals surface area (Å²) in [5.41, 5.74) is 2.27. The van der Waals surface area contributed by atoms with Crippen LogP contribution < -0.4 is 5.32 Å². The van der Waals surface area contributed by atoms with Gasteiger partial charge in [-0.15, -0.1) is 11.8 Å². The van der Waals surface area contributed by atoms with Crippen molar-refractivity contribution in [2.24, 2.45) is 0 Å². The van der Waals surface area contributed by atoms with E-state index in [1.165, 1.54) is 11.8 Å². The zero-order chi connectivity index (χ0) is 17.3. The third kappa shape index (κ3) is 3.42. The first kappa shape index (κ1) is 16.9. The number of hydrogen-bond donors (Lipinski definition) is 1. The van der Waals surface area contributed by atoms with Gasteiger partial charge < -0.3 is 10.2 Å². The van der Waals surface area contributed by atoms with Gasteiger partial charge in [-0.2, -0.15) is 0 Å². The van der Waals surface area contributed by atoms with E-state index in [1.54, 1.807) is 24.1 Å². The smallest absolute Gasteiger partial charge is 0.254 e. The second kappa shape index (κ2) is 6.87. The highest BCUT2D eigenvalue weighted by Crippen LogP contribution is 2.32. The van der Waals surface area contributed by atoms with Crippen molar-refractivity contribution in [2.75, 3.05) is 18.1 Å². The van der Waals surface area contributed by atoms with Gasteiger partial charge in [0.25, 0.3) is 5.91 Å². The second-order valence-corrected chi connectivity index (χ2v) is 7.14. The van der Waals surface area contributed by atoms with Gasteiger partial charge in [-0.3, -0.25) is 9.59 Å². The number of benzene rings is 2. The van der Waals surface area contributed by atoms with Gasteiger partial charge in [0.05, 0.1) is 17.5 Å². The van der Waals surface area contributed by atoms with Crippen LogP contribution in [0.5, 0.6) is 0 Å². The summed E-state index contributed by atoms with van der Waals surface area (Å²) in [7, 11) is 1.77. The molecule has 1 aliphatic rings. The normalized spacial score (nSPS) is 14.5. The summed E-state index contributed by atoms with van der Waals surface area (Å²) in [6, 6.07) is 12.8. The molecule has 0 spiro atoms. The number of nitrogens with zero attached hydrogens (tertiary/aromatic N) is 1. The molecule has 0 radical (unpaired) electrons. The molecule has 2 amide bonds. The molecule has 0 aromatic heterocycles. The fourth-order valence-corrected chi connectivity index (χ4v) is 3.48. The molecule has 6 heteroatoms. The van der Waals surface area contributed by atoms with Crippen LogP contribution in [0.15, 0.2) is 47.4 Å². The number of amides is 2. The van der Waals surface area contributed by atoms with Gasteiger partial charge in [-0.1, -0.05) is 23.7 Å². The zero-order valence-corrected chi connectivity index (χ0v) is 14.9. The van der Waals surface area contributed by atoms with E-state index in [9.17, 15) is 9.59 Å². The van der Waals surface area contributed by atoms with Crippen LogP contribution in [-0.2, 0) is 4.79 Å². The minimum Gasteiger partial charge on any atom is -0.335 e. The Morgan fingerprint density at radius 3 is 2.67 bits per heavy atom. The Hall–Kier alpha value is -1.98. The number of thioether (sulfide) groups is 1. The number of halogens is 1. The Bertz CT molecular complexity index is 792. The SMILES string of the molecule is CC(c1ccc(Cl)cc1)N(C)C(=O)c1ccc2c(c1)NC(=O)CS2. The van der Waals surface area contributed by atoms with Gasteiger partial charge >= 0.3 is 0 Å². The third-order valence-electron chi connectivity index (χ3n) is 4.11. The van der Waals surface area contributed by atoms with Gasteiger partial charge in [-0.05, 0) is 42.8 Å². The number of nitrogens with one attached hydrogen (secondary N) is 1. The zero-order valence-electron chi connectivity index (χ0n) is 13.4. The third-order valence-corrected chi connectivity index (χ3v) is 5.44. The van der Waals surface area contributed by atoms with E-state index in [1.807, 2.05) is 37.3 Å². The van der Waals surface area contributed by atoms with E-state index in [-0.39, 0.29) is 17.9 Å². The summed E-state index contributed by atoms with van der Waals surface area (Å²) < 4.78 is 0. The van der Waals surface area contributed by atoms with Crippen molar-refractivity contribution in [3.8, 4) is 0 Å². The summed E-state index contributed by atoms with van der Waals surface area (Å²) in [5, 5.41) is 3.49. The molecule has 2 aromatic carbocycles. The van der Waals surface area contributed by atoms with Crippen LogP contribution in [0, 0.1) is 0 Å². The van der Waals surface area contributed by atoms with Crippen LogP contribution in [-0.4, -0.2) is 29.5 Å². The fraction of sp³-hybridized carbons (Fsp3) is 0.222. The lowest BCUT2D eigenvalue weighted by molar-refractivity contribution is -0.113. The molecule has 1 heterocycles. The molecule has 124 valence electrons. The molecule has 0 saturated heterocycles. The first-order chi connectivity index (χ1) is 11.5. The standard InChI is InChI=1S/C18H17ClN2O2S/c1-11(12-3-6-14(19)7-4-12)21(2)18(23)13-5-8-16-15(9-13)20-17(22)10-24-16/h3-9,11H,10H2,1-2H3,(H,20,22). The number of carbonyl (C=O) groups is 2. The Morgan fingerprint density at radius 1 is 1.25 bits per heavy atom. The first-order valence-electron chi connectivity index (χ1n) is 7.55. The number of hydrogen-bond acceptors (Lipinski definition) is 3. The molecule has 0 aliphatic carbocycles. The molecule has 1 N–H and O–H groups in total. The maximum Gasteiger partial charge on any atom is 0.254 e. The van der Waals surface area contributed by atoms with E-state index >= 15 is 0 Å². The summed E-state index contributed by atoms with van der Waals surface area (Å²) >= 11 is 7.40. The minimum atomic E-state index is -0.0925. The van der Waals surface area contributed by atoms with Crippen molar-refractivity contribution in [1.82, 2.24) is 4.90 Å². The first-order valence-corrected chi connectivity index (χ1v) is 8.91. The Kier molecular flexibility index (Phi) is 4.83. The van der Waals surface area contributed by atoms with Gasteiger partial charge in [0.15, 0.2) is 0 Å².